The number of fused-ring (bicyclic) bond motifs is 1. The highest BCUT2D eigenvalue weighted by Crippen LogP contribution is 2.43. The number of rotatable bonds is 2. The molecule has 4 nitrogen and oxygen atoms in total. The fraction of sp³-hybridized carbons (Fsp3) is 0.571. The molecule has 19 heavy (non-hydrogen) atoms. The molecule has 2 fully saturated rings. The van der Waals surface area contributed by atoms with E-state index in [9.17, 15) is 9.18 Å². The second-order valence-corrected chi connectivity index (χ2v) is 5.69. The van der Waals surface area contributed by atoms with E-state index >= 15 is 0 Å². The molecule has 102 valence electrons. The van der Waals surface area contributed by atoms with E-state index in [4.69, 9.17) is 0 Å². The fourth-order valence-electron chi connectivity index (χ4n) is 3.05. The summed E-state index contributed by atoms with van der Waals surface area (Å²) in [6.07, 6.45) is 4.52. The summed E-state index contributed by atoms with van der Waals surface area (Å²) >= 11 is 0. The number of pyridine rings is 1. The van der Waals surface area contributed by atoms with Gasteiger partial charge in [-0.2, -0.15) is 0 Å². The molecule has 3 rings (SSSR count). The van der Waals surface area contributed by atoms with Gasteiger partial charge in [-0.05, 0) is 31.4 Å². The fourth-order valence-corrected chi connectivity index (χ4v) is 3.05. The van der Waals surface area contributed by atoms with Crippen molar-refractivity contribution in [2.24, 2.45) is 5.41 Å². The van der Waals surface area contributed by atoms with E-state index in [0.29, 0.717) is 0 Å². The van der Waals surface area contributed by atoms with Crippen molar-refractivity contribution < 1.29 is 9.18 Å². The Balaban J connectivity index is 1.92. The SMILES string of the molecule is CC[C@]1(C)CN2CC[C@H](c3cncc(F)c3)N2C1=O. The average Bonchev–Trinajstić information content (AvgIpc) is 2.90. The first-order valence-electron chi connectivity index (χ1n) is 6.74. The smallest absolute Gasteiger partial charge is 0.244 e. The van der Waals surface area contributed by atoms with Gasteiger partial charge in [-0.3, -0.25) is 14.8 Å². The molecule has 2 aliphatic rings. The van der Waals surface area contributed by atoms with E-state index in [1.807, 2.05) is 18.9 Å². The maximum atomic E-state index is 13.3. The lowest BCUT2D eigenvalue weighted by molar-refractivity contribution is -0.142. The van der Waals surface area contributed by atoms with Gasteiger partial charge in [0.05, 0.1) is 17.7 Å². The van der Waals surface area contributed by atoms with E-state index in [1.54, 1.807) is 6.20 Å². The molecule has 3 heterocycles. The highest BCUT2D eigenvalue weighted by atomic mass is 19.1. The summed E-state index contributed by atoms with van der Waals surface area (Å²) in [6.45, 7) is 5.67. The van der Waals surface area contributed by atoms with Crippen molar-refractivity contribution in [2.45, 2.75) is 32.7 Å². The highest BCUT2D eigenvalue weighted by Gasteiger charge is 2.51. The monoisotopic (exact) mass is 263 g/mol. The van der Waals surface area contributed by atoms with Crippen LogP contribution in [0.2, 0.25) is 0 Å². The number of hydrazine groups is 1. The molecule has 2 atom stereocenters. The zero-order valence-electron chi connectivity index (χ0n) is 11.3. The first-order chi connectivity index (χ1) is 9.05. The number of hydrogen-bond donors (Lipinski definition) is 0. The summed E-state index contributed by atoms with van der Waals surface area (Å²) in [4.78, 5) is 16.5. The molecular formula is C14H18FN3O. The van der Waals surface area contributed by atoms with Gasteiger partial charge >= 0.3 is 0 Å². The van der Waals surface area contributed by atoms with E-state index in [0.717, 1.165) is 31.5 Å². The van der Waals surface area contributed by atoms with Crippen molar-refractivity contribution in [1.82, 2.24) is 15.0 Å². The molecule has 5 heteroatoms. The third kappa shape index (κ3) is 1.84. The van der Waals surface area contributed by atoms with E-state index in [-0.39, 0.29) is 23.2 Å². The van der Waals surface area contributed by atoms with Gasteiger partial charge in [-0.1, -0.05) is 6.92 Å². The van der Waals surface area contributed by atoms with Gasteiger partial charge in [-0.25, -0.2) is 9.40 Å². The highest BCUT2D eigenvalue weighted by molar-refractivity contribution is 5.84. The van der Waals surface area contributed by atoms with Crippen molar-refractivity contribution in [3.8, 4) is 0 Å². The first-order valence-corrected chi connectivity index (χ1v) is 6.74. The summed E-state index contributed by atoms with van der Waals surface area (Å²) in [5.74, 6) is -0.192. The Morgan fingerprint density at radius 1 is 1.53 bits per heavy atom. The van der Waals surface area contributed by atoms with Crippen molar-refractivity contribution in [2.75, 3.05) is 13.1 Å². The van der Waals surface area contributed by atoms with Gasteiger partial charge in [-0.15, -0.1) is 0 Å². The average molecular weight is 263 g/mol. The Morgan fingerprint density at radius 2 is 2.32 bits per heavy atom. The molecule has 0 N–H and O–H groups in total. The summed E-state index contributed by atoms with van der Waals surface area (Å²) in [5.41, 5.74) is 0.482. The molecule has 0 radical (unpaired) electrons. The number of halogens is 1. The Morgan fingerprint density at radius 3 is 3.00 bits per heavy atom. The normalized spacial score (nSPS) is 31.0. The van der Waals surface area contributed by atoms with Crippen LogP contribution in [-0.2, 0) is 4.79 Å². The quantitative estimate of drug-likeness (QED) is 0.820. The minimum atomic E-state index is -0.346. The predicted octanol–water partition coefficient (Wildman–Crippen LogP) is 2.14. The van der Waals surface area contributed by atoms with Crippen LogP contribution in [0.3, 0.4) is 0 Å². The lowest BCUT2D eigenvalue weighted by Crippen LogP contribution is -2.36. The van der Waals surface area contributed by atoms with Crippen LogP contribution in [0.1, 0.15) is 38.3 Å². The van der Waals surface area contributed by atoms with Crippen LogP contribution >= 0.6 is 0 Å². The summed E-state index contributed by atoms with van der Waals surface area (Å²) < 4.78 is 13.3. The van der Waals surface area contributed by atoms with Crippen molar-refractivity contribution >= 4 is 5.91 Å². The Labute approximate surface area is 112 Å². The van der Waals surface area contributed by atoms with Crippen LogP contribution in [0.4, 0.5) is 4.39 Å². The van der Waals surface area contributed by atoms with Gasteiger partial charge in [0.15, 0.2) is 0 Å². The number of hydrogen-bond acceptors (Lipinski definition) is 3. The number of carbonyl (C=O) groups is 1. The van der Waals surface area contributed by atoms with Gasteiger partial charge in [0.25, 0.3) is 0 Å². The zero-order chi connectivity index (χ0) is 13.6. The van der Waals surface area contributed by atoms with Crippen LogP contribution < -0.4 is 0 Å². The molecule has 2 saturated heterocycles. The van der Waals surface area contributed by atoms with Crippen molar-refractivity contribution in [1.29, 1.82) is 0 Å². The van der Waals surface area contributed by atoms with Crippen LogP contribution in [0.25, 0.3) is 0 Å². The summed E-state index contributed by atoms with van der Waals surface area (Å²) in [5, 5.41) is 3.92. The summed E-state index contributed by atoms with van der Waals surface area (Å²) in [6, 6.07) is 1.42. The molecule has 1 amide bonds. The molecule has 0 bridgehead atoms. The number of nitrogens with zero attached hydrogens (tertiary/aromatic N) is 3. The number of aromatic nitrogens is 1. The Hall–Kier alpha value is -1.49. The maximum absolute atomic E-state index is 13.3. The third-order valence-corrected chi connectivity index (χ3v) is 4.41. The Bertz CT molecular complexity index is 521. The van der Waals surface area contributed by atoms with Crippen molar-refractivity contribution in [3.05, 3.63) is 29.8 Å². The topological polar surface area (TPSA) is 36.4 Å². The van der Waals surface area contributed by atoms with Gasteiger partial charge in [0, 0.05) is 19.3 Å². The molecule has 0 saturated carbocycles. The van der Waals surface area contributed by atoms with Crippen LogP contribution in [0, 0.1) is 11.2 Å². The first kappa shape index (κ1) is 12.5. The molecule has 0 spiro atoms. The van der Waals surface area contributed by atoms with Gasteiger partial charge in [0.2, 0.25) is 5.91 Å². The predicted molar refractivity (Wildman–Crippen MR) is 68.4 cm³/mol. The maximum Gasteiger partial charge on any atom is 0.244 e. The molecular weight excluding hydrogens is 245 g/mol. The standard InChI is InChI=1S/C14H18FN3O/c1-3-14(2)9-17-5-4-12(18(17)13(14)19)10-6-11(15)8-16-7-10/h6-8,12H,3-5,9H2,1-2H3/t12-,14-/m1/s1. The lowest BCUT2D eigenvalue weighted by atomic mass is 9.87. The Kier molecular flexibility index (Phi) is 2.82. The summed E-state index contributed by atoms with van der Waals surface area (Å²) in [7, 11) is 0. The second kappa shape index (κ2) is 4.27. The number of carbonyl (C=O) groups excluding carboxylic acids is 1. The third-order valence-electron chi connectivity index (χ3n) is 4.41. The van der Waals surface area contributed by atoms with Crippen LogP contribution in [-0.4, -0.2) is 34.0 Å². The zero-order valence-corrected chi connectivity index (χ0v) is 11.3. The van der Waals surface area contributed by atoms with Crippen LogP contribution in [0.5, 0.6) is 0 Å². The molecule has 2 aliphatic heterocycles. The minimum absolute atomic E-state index is 0.0657. The lowest BCUT2D eigenvalue weighted by Gasteiger charge is -2.26. The number of amides is 1. The molecule has 0 unspecified atom stereocenters. The molecule has 1 aromatic heterocycles. The minimum Gasteiger partial charge on any atom is -0.273 e. The van der Waals surface area contributed by atoms with E-state index in [1.165, 1.54) is 12.3 Å². The van der Waals surface area contributed by atoms with Crippen molar-refractivity contribution in [3.63, 3.8) is 0 Å². The second-order valence-electron chi connectivity index (χ2n) is 5.69. The largest absolute Gasteiger partial charge is 0.273 e. The van der Waals surface area contributed by atoms with E-state index in [2.05, 4.69) is 9.99 Å². The molecule has 0 aromatic carbocycles. The molecule has 1 aromatic rings. The van der Waals surface area contributed by atoms with E-state index < -0.39 is 0 Å². The van der Waals surface area contributed by atoms with Gasteiger partial charge in [0.1, 0.15) is 5.82 Å². The molecule has 0 aliphatic carbocycles. The van der Waals surface area contributed by atoms with Crippen LogP contribution in [0.15, 0.2) is 18.5 Å². The van der Waals surface area contributed by atoms with Gasteiger partial charge < -0.3 is 0 Å².